The maximum atomic E-state index is 12.8. The molecule has 0 fully saturated rings. The Bertz CT molecular complexity index is 864. The Kier molecular flexibility index (Phi) is 6.72. The van der Waals surface area contributed by atoms with Gasteiger partial charge < -0.3 is 10.1 Å². The number of benzene rings is 2. The van der Waals surface area contributed by atoms with E-state index in [1.807, 2.05) is 13.8 Å². The number of amides is 1. The van der Waals surface area contributed by atoms with E-state index in [2.05, 4.69) is 5.32 Å². The second-order valence-electron chi connectivity index (χ2n) is 6.51. The van der Waals surface area contributed by atoms with Gasteiger partial charge in [0.05, 0.1) is 21.8 Å². The zero-order chi connectivity index (χ0) is 21.1. The number of ether oxygens (including phenoxy) is 1. The molecule has 28 heavy (non-hydrogen) atoms. The van der Waals surface area contributed by atoms with Crippen molar-refractivity contribution in [2.45, 2.75) is 39.0 Å². The first-order valence-electron chi connectivity index (χ1n) is 8.47. The average Bonchev–Trinajstić information content (AvgIpc) is 2.62. The van der Waals surface area contributed by atoms with Crippen LogP contribution < -0.4 is 5.32 Å². The van der Waals surface area contributed by atoms with Crippen LogP contribution in [0.3, 0.4) is 0 Å². The molecule has 0 aliphatic carbocycles. The smallest absolute Gasteiger partial charge is 0.416 e. The second kappa shape index (κ2) is 8.65. The first kappa shape index (κ1) is 21.8. The van der Waals surface area contributed by atoms with Crippen molar-refractivity contribution >= 4 is 29.2 Å². The number of carbonyl (C=O) groups excluding carboxylic acids is 2. The Hall–Kier alpha value is -2.54. The Morgan fingerprint density at radius 3 is 2.18 bits per heavy atom. The molecule has 150 valence electrons. The summed E-state index contributed by atoms with van der Waals surface area (Å²) < 4.78 is 43.5. The summed E-state index contributed by atoms with van der Waals surface area (Å²) in [5.41, 5.74) is 0.135. The van der Waals surface area contributed by atoms with Crippen LogP contribution in [0.1, 0.15) is 48.2 Å². The molecule has 2 aromatic carbocycles. The van der Waals surface area contributed by atoms with Gasteiger partial charge in [-0.2, -0.15) is 13.2 Å². The minimum absolute atomic E-state index is 0.0656. The second-order valence-corrected chi connectivity index (χ2v) is 6.91. The number of alkyl halides is 3. The van der Waals surface area contributed by atoms with E-state index < -0.39 is 29.7 Å². The van der Waals surface area contributed by atoms with Crippen LogP contribution in [0, 0.1) is 0 Å². The molecule has 0 aliphatic rings. The summed E-state index contributed by atoms with van der Waals surface area (Å²) in [4.78, 5) is 24.4. The Labute approximate surface area is 165 Å². The van der Waals surface area contributed by atoms with E-state index in [9.17, 15) is 22.8 Å². The van der Waals surface area contributed by atoms with Gasteiger partial charge >= 0.3 is 12.1 Å². The fourth-order valence-electron chi connectivity index (χ4n) is 2.32. The highest BCUT2D eigenvalue weighted by Gasteiger charge is 2.31. The topological polar surface area (TPSA) is 55.4 Å². The number of halogens is 4. The van der Waals surface area contributed by atoms with Gasteiger partial charge in [-0.1, -0.05) is 37.6 Å². The maximum Gasteiger partial charge on any atom is 0.416 e. The van der Waals surface area contributed by atoms with E-state index >= 15 is 0 Å². The molecule has 8 heteroatoms. The van der Waals surface area contributed by atoms with Crippen LogP contribution in [0.15, 0.2) is 42.5 Å². The Morgan fingerprint density at radius 1 is 1.04 bits per heavy atom. The predicted octanol–water partition coefficient (Wildman–Crippen LogP) is 5.67. The predicted molar refractivity (Wildman–Crippen MR) is 100 cm³/mol. The molecule has 1 N–H and O–H groups in total. The third-order valence-electron chi connectivity index (χ3n) is 4.02. The van der Waals surface area contributed by atoms with E-state index in [4.69, 9.17) is 16.3 Å². The summed E-state index contributed by atoms with van der Waals surface area (Å²) in [6, 6.07) is 9.31. The standard InChI is InChI=1S/C20H19ClF3NO3/c1-11(2)13-4-6-14(7-5-13)19(27)28-12(3)18(26)25-17-10-15(20(22,23)24)8-9-16(17)21/h4-12H,1-3H3,(H,25,26)/t12-/m1/s1. The highest BCUT2D eigenvalue weighted by molar-refractivity contribution is 6.33. The summed E-state index contributed by atoms with van der Waals surface area (Å²) in [6.45, 7) is 5.34. The molecule has 0 saturated carbocycles. The molecule has 0 aromatic heterocycles. The average molecular weight is 414 g/mol. The summed E-state index contributed by atoms with van der Waals surface area (Å²) in [6.07, 6.45) is -5.81. The highest BCUT2D eigenvalue weighted by atomic mass is 35.5. The van der Waals surface area contributed by atoms with Crippen LogP contribution in [-0.2, 0) is 15.7 Å². The fraction of sp³-hybridized carbons (Fsp3) is 0.300. The molecule has 2 aromatic rings. The third kappa shape index (κ3) is 5.48. The van der Waals surface area contributed by atoms with Crippen LogP contribution >= 0.6 is 11.6 Å². The van der Waals surface area contributed by atoms with E-state index in [1.54, 1.807) is 24.3 Å². The van der Waals surface area contributed by atoms with Gasteiger partial charge in [0.15, 0.2) is 6.10 Å². The minimum atomic E-state index is -4.58. The van der Waals surface area contributed by atoms with Crippen LogP contribution in [0.4, 0.5) is 18.9 Å². The van der Waals surface area contributed by atoms with Gasteiger partial charge in [0.1, 0.15) is 0 Å². The summed E-state index contributed by atoms with van der Waals surface area (Å²) in [7, 11) is 0. The number of anilines is 1. The SMILES string of the molecule is CC(C)c1ccc(C(=O)O[C@H](C)C(=O)Nc2cc(C(F)(F)F)ccc2Cl)cc1. The van der Waals surface area contributed by atoms with E-state index in [1.165, 1.54) is 6.92 Å². The zero-order valence-electron chi connectivity index (χ0n) is 15.4. The van der Waals surface area contributed by atoms with Gasteiger partial charge in [-0.15, -0.1) is 0 Å². The molecule has 0 heterocycles. The van der Waals surface area contributed by atoms with Gasteiger partial charge in [0.25, 0.3) is 5.91 Å². The van der Waals surface area contributed by atoms with Crippen LogP contribution in [-0.4, -0.2) is 18.0 Å². The zero-order valence-corrected chi connectivity index (χ0v) is 16.2. The molecule has 0 radical (unpaired) electrons. The number of esters is 1. The number of hydrogen-bond donors (Lipinski definition) is 1. The van der Waals surface area contributed by atoms with Gasteiger partial charge in [-0.3, -0.25) is 4.79 Å². The molecule has 0 saturated heterocycles. The molecule has 0 spiro atoms. The fourth-order valence-corrected chi connectivity index (χ4v) is 2.48. The van der Waals surface area contributed by atoms with Crippen molar-refractivity contribution in [2.75, 3.05) is 5.32 Å². The number of nitrogens with one attached hydrogen (secondary N) is 1. The Balaban J connectivity index is 2.06. The van der Waals surface area contributed by atoms with Crippen molar-refractivity contribution in [3.63, 3.8) is 0 Å². The van der Waals surface area contributed by atoms with Crippen molar-refractivity contribution in [2.24, 2.45) is 0 Å². The molecule has 0 aliphatic heterocycles. The quantitative estimate of drug-likeness (QED) is 0.643. The molecule has 1 atom stereocenters. The molecule has 4 nitrogen and oxygen atoms in total. The summed E-state index contributed by atoms with van der Waals surface area (Å²) in [5.74, 6) is -1.21. The molecule has 1 amide bonds. The lowest BCUT2D eigenvalue weighted by molar-refractivity contribution is -0.137. The lowest BCUT2D eigenvalue weighted by Gasteiger charge is -2.16. The summed E-state index contributed by atoms with van der Waals surface area (Å²) >= 11 is 5.85. The van der Waals surface area contributed by atoms with Crippen molar-refractivity contribution in [3.05, 3.63) is 64.2 Å². The summed E-state index contributed by atoms with van der Waals surface area (Å²) in [5, 5.41) is 2.19. The molecular formula is C20H19ClF3NO3. The van der Waals surface area contributed by atoms with E-state index in [-0.39, 0.29) is 16.3 Å². The van der Waals surface area contributed by atoms with Gasteiger partial charge in [-0.05, 0) is 48.7 Å². The van der Waals surface area contributed by atoms with Crippen LogP contribution in [0.25, 0.3) is 0 Å². The Morgan fingerprint density at radius 2 is 1.64 bits per heavy atom. The largest absolute Gasteiger partial charge is 0.449 e. The number of rotatable bonds is 5. The van der Waals surface area contributed by atoms with Crippen molar-refractivity contribution < 1.29 is 27.5 Å². The van der Waals surface area contributed by atoms with Gasteiger partial charge in [-0.25, -0.2) is 4.79 Å². The van der Waals surface area contributed by atoms with Crippen molar-refractivity contribution in [1.82, 2.24) is 0 Å². The maximum absolute atomic E-state index is 12.8. The van der Waals surface area contributed by atoms with Crippen LogP contribution in [0.5, 0.6) is 0 Å². The van der Waals surface area contributed by atoms with E-state index in [0.717, 1.165) is 23.8 Å². The molecular weight excluding hydrogens is 395 g/mol. The van der Waals surface area contributed by atoms with Gasteiger partial charge in [0, 0.05) is 0 Å². The normalized spacial score (nSPS) is 12.6. The third-order valence-corrected chi connectivity index (χ3v) is 4.35. The highest BCUT2D eigenvalue weighted by Crippen LogP contribution is 2.33. The van der Waals surface area contributed by atoms with Crippen molar-refractivity contribution in [1.29, 1.82) is 0 Å². The first-order valence-corrected chi connectivity index (χ1v) is 8.85. The van der Waals surface area contributed by atoms with Crippen LogP contribution in [0.2, 0.25) is 5.02 Å². The lowest BCUT2D eigenvalue weighted by Crippen LogP contribution is -2.30. The van der Waals surface area contributed by atoms with Gasteiger partial charge in [0.2, 0.25) is 0 Å². The number of carbonyl (C=O) groups is 2. The van der Waals surface area contributed by atoms with Crippen molar-refractivity contribution in [3.8, 4) is 0 Å². The first-order chi connectivity index (χ1) is 13.0. The molecule has 0 unspecified atom stereocenters. The molecule has 2 rings (SSSR count). The molecule has 0 bridgehead atoms. The number of hydrogen-bond acceptors (Lipinski definition) is 3. The van der Waals surface area contributed by atoms with E-state index in [0.29, 0.717) is 5.92 Å². The minimum Gasteiger partial charge on any atom is -0.449 e. The lowest BCUT2D eigenvalue weighted by atomic mass is 10.0. The monoisotopic (exact) mass is 413 g/mol.